The summed E-state index contributed by atoms with van der Waals surface area (Å²) in [7, 11) is 0. The van der Waals surface area contributed by atoms with E-state index in [1.807, 2.05) is 18.2 Å². The molecule has 0 atom stereocenters. The third-order valence-corrected chi connectivity index (χ3v) is 3.67. The van der Waals surface area contributed by atoms with E-state index in [1.54, 1.807) is 11.3 Å². The van der Waals surface area contributed by atoms with Gasteiger partial charge >= 0.3 is 0 Å². The molecule has 4 heteroatoms. The van der Waals surface area contributed by atoms with Gasteiger partial charge in [-0.2, -0.15) is 0 Å². The summed E-state index contributed by atoms with van der Waals surface area (Å²) >= 11 is 1.67. The number of aromatic nitrogens is 1. The van der Waals surface area contributed by atoms with E-state index < -0.39 is 0 Å². The molecule has 0 bridgehead atoms. The zero-order valence-corrected chi connectivity index (χ0v) is 11.4. The molecule has 0 fully saturated rings. The van der Waals surface area contributed by atoms with Gasteiger partial charge in [-0.3, -0.25) is 0 Å². The van der Waals surface area contributed by atoms with Crippen molar-refractivity contribution in [2.75, 3.05) is 6.61 Å². The van der Waals surface area contributed by atoms with Crippen molar-refractivity contribution < 1.29 is 4.74 Å². The maximum atomic E-state index is 5.76. The van der Waals surface area contributed by atoms with Crippen LogP contribution in [0.3, 0.4) is 0 Å². The van der Waals surface area contributed by atoms with E-state index in [4.69, 9.17) is 10.5 Å². The molecule has 0 saturated carbocycles. The molecule has 0 spiro atoms. The lowest BCUT2D eigenvalue weighted by molar-refractivity contribution is 0.121. The lowest BCUT2D eigenvalue weighted by Crippen LogP contribution is -1.99. The van der Waals surface area contributed by atoms with E-state index >= 15 is 0 Å². The third-order valence-electron chi connectivity index (χ3n) is 2.54. The first-order valence-electron chi connectivity index (χ1n) is 6.17. The van der Waals surface area contributed by atoms with Crippen molar-refractivity contribution in [1.82, 2.24) is 4.98 Å². The normalized spacial score (nSPS) is 10.8. The van der Waals surface area contributed by atoms with Crippen LogP contribution in [0.5, 0.6) is 0 Å². The minimum Gasteiger partial charge on any atom is -0.374 e. The highest BCUT2D eigenvalue weighted by Crippen LogP contribution is 2.30. The zero-order chi connectivity index (χ0) is 12.8. The van der Waals surface area contributed by atoms with Crippen molar-refractivity contribution in [3.8, 4) is 10.4 Å². The van der Waals surface area contributed by atoms with Crippen LogP contribution in [0.1, 0.15) is 24.0 Å². The highest BCUT2D eigenvalue weighted by Gasteiger charge is 2.11. The molecule has 1 aromatic heterocycles. The number of hydrogen-bond acceptors (Lipinski definition) is 4. The molecule has 1 heterocycles. The average Bonchev–Trinajstić information content (AvgIpc) is 2.83. The zero-order valence-electron chi connectivity index (χ0n) is 10.6. The van der Waals surface area contributed by atoms with Crippen LogP contribution in [-0.2, 0) is 17.9 Å². The van der Waals surface area contributed by atoms with Gasteiger partial charge < -0.3 is 10.5 Å². The molecule has 96 valence electrons. The van der Waals surface area contributed by atoms with Crippen LogP contribution in [0.2, 0.25) is 0 Å². The topological polar surface area (TPSA) is 48.1 Å². The standard InChI is InChI=1S/C14H18N2OS/c1-2-8-17-10-13-16-12(9-15)14(18-13)11-6-4-3-5-7-11/h3-7H,2,8-10,15H2,1H3. The first kappa shape index (κ1) is 13.2. The van der Waals surface area contributed by atoms with Gasteiger partial charge in [-0.05, 0) is 12.0 Å². The summed E-state index contributed by atoms with van der Waals surface area (Å²) < 4.78 is 5.52. The van der Waals surface area contributed by atoms with Gasteiger partial charge in [-0.1, -0.05) is 37.3 Å². The number of rotatable bonds is 6. The summed E-state index contributed by atoms with van der Waals surface area (Å²) in [6.07, 6.45) is 1.03. The summed E-state index contributed by atoms with van der Waals surface area (Å²) in [5.41, 5.74) is 7.90. The fourth-order valence-electron chi connectivity index (χ4n) is 1.72. The van der Waals surface area contributed by atoms with Crippen molar-refractivity contribution in [1.29, 1.82) is 0 Å². The predicted molar refractivity (Wildman–Crippen MR) is 75.4 cm³/mol. The summed E-state index contributed by atoms with van der Waals surface area (Å²) in [6, 6.07) is 10.2. The molecule has 1 aromatic carbocycles. The van der Waals surface area contributed by atoms with Crippen LogP contribution in [-0.4, -0.2) is 11.6 Å². The Morgan fingerprint density at radius 3 is 2.72 bits per heavy atom. The first-order valence-corrected chi connectivity index (χ1v) is 6.98. The molecule has 0 radical (unpaired) electrons. The Labute approximate surface area is 112 Å². The highest BCUT2D eigenvalue weighted by atomic mass is 32.1. The van der Waals surface area contributed by atoms with Crippen LogP contribution in [0.15, 0.2) is 30.3 Å². The number of thiazole rings is 1. The smallest absolute Gasteiger partial charge is 0.119 e. The van der Waals surface area contributed by atoms with Crippen molar-refractivity contribution in [2.24, 2.45) is 5.73 Å². The van der Waals surface area contributed by atoms with Crippen LogP contribution in [0.25, 0.3) is 10.4 Å². The largest absolute Gasteiger partial charge is 0.374 e. The molecule has 2 rings (SSSR count). The predicted octanol–water partition coefficient (Wildman–Crippen LogP) is 3.20. The SMILES string of the molecule is CCCOCc1nc(CN)c(-c2ccccc2)s1. The van der Waals surface area contributed by atoms with Crippen molar-refractivity contribution in [3.63, 3.8) is 0 Å². The molecule has 2 aromatic rings. The fourth-order valence-corrected chi connectivity index (χ4v) is 2.75. The Kier molecular flexibility index (Phi) is 4.87. The Morgan fingerprint density at radius 2 is 2.06 bits per heavy atom. The van der Waals surface area contributed by atoms with Gasteiger partial charge in [-0.15, -0.1) is 11.3 Å². The number of nitrogens with two attached hydrogens (primary N) is 1. The van der Waals surface area contributed by atoms with E-state index in [0.29, 0.717) is 13.2 Å². The molecule has 0 aliphatic heterocycles. The van der Waals surface area contributed by atoms with Gasteiger partial charge in [-0.25, -0.2) is 4.98 Å². The molecule has 0 aliphatic carbocycles. The minimum absolute atomic E-state index is 0.467. The quantitative estimate of drug-likeness (QED) is 0.813. The fraction of sp³-hybridized carbons (Fsp3) is 0.357. The van der Waals surface area contributed by atoms with Crippen LogP contribution < -0.4 is 5.73 Å². The van der Waals surface area contributed by atoms with Crippen molar-refractivity contribution >= 4 is 11.3 Å². The summed E-state index contributed by atoms with van der Waals surface area (Å²) in [5, 5.41) is 1.00. The van der Waals surface area contributed by atoms with E-state index in [0.717, 1.165) is 28.6 Å². The Bertz CT molecular complexity index is 482. The molecule has 2 N–H and O–H groups in total. The van der Waals surface area contributed by atoms with Crippen molar-refractivity contribution in [2.45, 2.75) is 26.5 Å². The molecule has 3 nitrogen and oxygen atoms in total. The van der Waals surface area contributed by atoms with Gasteiger partial charge in [0.2, 0.25) is 0 Å². The number of hydrogen-bond donors (Lipinski definition) is 1. The van der Waals surface area contributed by atoms with Gasteiger partial charge in [0.15, 0.2) is 0 Å². The molecule has 0 saturated heterocycles. The lowest BCUT2D eigenvalue weighted by atomic mass is 10.1. The van der Waals surface area contributed by atoms with Crippen LogP contribution >= 0.6 is 11.3 Å². The highest BCUT2D eigenvalue weighted by molar-refractivity contribution is 7.15. The second-order valence-electron chi connectivity index (χ2n) is 4.01. The second kappa shape index (κ2) is 6.64. The van der Waals surface area contributed by atoms with Gasteiger partial charge in [0.25, 0.3) is 0 Å². The lowest BCUT2D eigenvalue weighted by Gasteiger charge is -1.98. The summed E-state index contributed by atoms with van der Waals surface area (Å²) in [6.45, 7) is 3.92. The first-order chi connectivity index (χ1) is 8.85. The second-order valence-corrected chi connectivity index (χ2v) is 5.09. The maximum Gasteiger partial charge on any atom is 0.119 e. The Hall–Kier alpha value is -1.23. The molecule has 0 unspecified atom stereocenters. The summed E-state index contributed by atoms with van der Waals surface area (Å²) in [4.78, 5) is 5.71. The molecule has 18 heavy (non-hydrogen) atoms. The van der Waals surface area contributed by atoms with E-state index in [9.17, 15) is 0 Å². The Morgan fingerprint density at radius 1 is 1.28 bits per heavy atom. The molecular formula is C14H18N2OS. The number of nitrogens with zero attached hydrogens (tertiary/aromatic N) is 1. The van der Waals surface area contributed by atoms with Gasteiger partial charge in [0.1, 0.15) is 5.01 Å². The van der Waals surface area contributed by atoms with Crippen LogP contribution in [0.4, 0.5) is 0 Å². The number of benzene rings is 1. The Balaban J connectivity index is 2.19. The minimum atomic E-state index is 0.467. The monoisotopic (exact) mass is 262 g/mol. The molecule has 0 aliphatic rings. The maximum absolute atomic E-state index is 5.76. The molecule has 0 amide bonds. The van der Waals surface area contributed by atoms with Crippen LogP contribution in [0, 0.1) is 0 Å². The van der Waals surface area contributed by atoms with Crippen molar-refractivity contribution in [3.05, 3.63) is 41.0 Å². The van der Waals surface area contributed by atoms with E-state index in [2.05, 4.69) is 24.0 Å². The summed E-state index contributed by atoms with van der Waals surface area (Å²) in [5.74, 6) is 0. The average molecular weight is 262 g/mol. The number of ether oxygens (including phenoxy) is 1. The van der Waals surface area contributed by atoms with Gasteiger partial charge in [0.05, 0.1) is 17.2 Å². The molecular weight excluding hydrogens is 244 g/mol. The van der Waals surface area contributed by atoms with E-state index in [-0.39, 0.29) is 0 Å². The van der Waals surface area contributed by atoms with E-state index in [1.165, 1.54) is 5.56 Å². The third kappa shape index (κ3) is 3.16. The van der Waals surface area contributed by atoms with Gasteiger partial charge in [0, 0.05) is 13.2 Å².